The van der Waals surface area contributed by atoms with Gasteiger partial charge >= 0.3 is 0 Å². The molecule has 2 aromatic heterocycles. The van der Waals surface area contributed by atoms with Crippen LogP contribution in [0.5, 0.6) is 0 Å². The Labute approximate surface area is 124 Å². The lowest BCUT2D eigenvalue weighted by molar-refractivity contribution is 0.321. The van der Waals surface area contributed by atoms with Crippen molar-refractivity contribution in [3.63, 3.8) is 0 Å². The van der Waals surface area contributed by atoms with Crippen molar-refractivity contribution in [3.8, 4) is 0 Å². The number of benzene rings is 1. The van der Waals surface area contributed by atoms with Crippen LogP contribution in [0.25, 0.3) is 11.0 Å². The van der Waals surface area contributed by atoms with E-state index in [-0.39, 0.29) is 0 Å². The lowest BCUT2D eigenvalue weighted by atomic mass is 10.2. The number of para-hydroxylation sites is 2. The van der Waals surface area contributed by atoms with Crippen LogP contribution in [-0.2, 0) is 13.0 Å². The van der Waals surface area contributed by atoms with Crippen molar-refractivity contribution in [2.75, 3.05) is 13.6 Å². The molecule has 4 nitrogen and oxygen atoms in total. The van der Waals surface area contributed by atoms with Crippen LogP contribution in [-0.4, -0.2) is 33.4 Å². The Balaban J connectivity index is 1.49. The van der Waals surface area contributed by atoms with Crippen LogP contribution in [0.4, 0.5) is 0 Å². The number of hydrogen-bond donors (Lipinski definition) is 1. The van der Waals surface area contributed by atoms with Crippen molar-refractivity contribution in [1.82, 2.24) is 19.9 Å². The normalized spacial score (nSPS) is 11.3. The van der Waals surface area contributed by atoms with Gasteiger partial charge in [0.25, 0.3) is 0 Å². The molecule has 0 amide bonds. The number of imidazole rings is 1. The minimum Gasteiger partial charge on any atom is -0.342 e. The van der Waals surface area contributed by atoms with E-state index >= 15 is 0 Å². The van der Waals surface area contributed by atoms with Gasteiger partial charge in [-0.15, -0.1) is 0 Å². The number of nitrogens with zero attached hydrogens (tertiary/aromatic N) is 3. The van der Waals surface area contributed by atoms with E-state index < -0.39 is 0 Å². The molecule has 1 N–H and O–H groups in total. The first-order valence-electron chi connectivity index (χ1n) is 7.32. The number of rotatable bonds is 6. The standard InChI is InChI=1S/C17H20N4/c1-21(13-14-6-4-10-18-12-14)11-5-9-17-19-15-7-2-3-8-16(15)20-17/h2-4,6-8,10,12H,5,9,11,13H2,1H3,(H,19,20). The van der Waals surface area contributed by atoms with Crippen molar-refractivity contribution in [2.45, 2.75) is 19.4 Å². The highest BCUT2D eigenvalue weighted by molar-refractivity contribution is 5.74. The third-order valence-corrected chi connectivity index (χ3v) is 3.57. The van der Waals surface area contributed by atoms with Gasteiger partial charge in [0.15, 0.2) is 0 Å². The molecule has 0 aliphatic heterocycles. The number of aryl methyl sites for hydroxylation is 1. The molecule has 0 fully saturated rings. The van der Waals surface area contributed by atoms with Gasteiger partial charge in [-0.2, -0.15) is 0 Å². The summed E-state index contributed by atoms with van der Waals surface area (Å²) in [6.45, 7) is 1.99. The zero-order valence-electron chi connectivity index (χ0n) is 12.3. The first-order chi connectivity index (χ1) is 10.3. The molecule has 0 radical (unpaired) electrons. The molecule has 1 aromatic carbocycles. The molecule has 0 aliphatic rings. The lowest BCUT2D eigenvalue weighted by Crippen LogP contribution is -2.19. The molecule has 4 heteroatoms. The molecule has 0 aliphatic carbocycles. The van der Waals surface area contributed by atoms with Gasteiger partial charge in [-0.05, 0) is 43.8 Å². The fourth-order valence-electron chi connectivity index (χ4n) is 2.52. The maximum absolute atomic E-state index is 4.61. The summed E-state index contributed by atoms with van der Waals surface area (Å²) >= 11 is 0. The van der Waals surface area contributed by atoms with E-state index in [0.717, 1.165) is 42.8 Å². The summed E-state index contributed by atoms with van der Waals surface area (Å²) in [5, 5.41) is 0. The van der Waals surface area contributed by atoms with E-state index in [2.05, 4.69) is 39.0 Å². The van der Waals surface area contributed by atoms with E-state index in [1.54, 1.807) is 0 Å². The summed E-state index contributed by atoms with van der Waals surface area (Å²) in [7, 11) is 2.14. The van der Waals surface area contributed by atoms with Crippen molar-refractivity contribution in [3.05, 3.63) is 60.2 Å². The van der Waals surface area contributed by atoms with Crippen LogP contribution in [0.1, 0.15) is 17.8 Å². The largest absolute Gasteiger partial charge is 0.342 e. The first kappa shape index (κ1) is 13.8. The topological polar surface area (TPSA) is 44.8 Å². The van der Waals surface area contributed by atoms with Gasteiger partial charge in [-0.1, -0.05) is 18.2 Å². The molecule has 108 valence electrons. The van der Waals surface area contributed by atoms with E-state index in [9.17, 15) is 0 Å². The van der Waals surface area contributed by atoms with Gasteiger partial charge < -0.3 is 9.88 Å². The Kier molecular flexibility index (Phi) is 4.26. The van der Waals surface area contributed by atoms with Gasteiger partial charge in [0.05, 0.1) is 11.0 Å². The maximum atomic E-state index is 4.61. The number of fused-ring (bicyclic) bond motifs is 1. The zero-order chi connectivity index (χ0) is 14.5. The number of aromatic nitrogens is 3. The van der Waals surface area contributed by atoms with Crippen LogP contribution in [0.15, 0.2) is 48.8 Å². The van der Waals surface area contributed by atoms with Crippen molar-refractivity contribution >= 4 is 11.0 Å². The molecule has 0 saturated heterocycles. The smallest absolute Gasteiger partial charge is 0.107 e. The van der Waals surface area contributed by atoms with Crippen LogP contribution < -0.4 is 0 Å². The van der Waals surface area contributed by atoms with Gasteiger partial charge in [0, 0.05) is 25.4 Å². The summed E-state index contributed by atoms with van der Waals surface area (Å²) < 4.78 is 0. The highest BCUT2D eigenvalue weighted by Crippen LogP contribution is 2.11. The summed E-state index contributed by atoms with van der Waals surface area (Å²) in [4.78, 5) is 14.5. The first-order valence-corrected chi connectivity index (χ1v) is 7.32. The molecule has 0 unspecified atom stereocenters. The van der Waals surface area contributed by atoms with Gasteiger partial charge in [0.2, 0.25) is 0 Å². The fourth-order valence-corrected chi connectivity index (χ4v) is 2.52. The molecule has 0 saturated carbocycles. The second kappa shape index (κ2) is 6.50. The predicted octanol–water partition coefficient (Wildman–Crippen LogP) is 3.02. The minimum atomic E-state index is 0.938. The van der Waals surface area contributed by atoms with Gasteiger partial charge in [-0.25, -0.2) is 4.98 Å². The third kappa shape index (κ3) is 3.67. The Morgan fingerprint density at radius 3 is 2.86 bits per heavy atom. The second-order valence-electron chi connectivity index (χ2n) is 5.40. The Bertz CT molecular complexity index is 657. The Hall–Kier alpha value is -2.20. The quantitative estimate of drug-likeness (QED) is 0.755. The fraction of sp³-hybridized carbons (Fsp3) is 0.294. The number of hydrogen-bond acceptors (Lipinski definition) is 3. The van der Waals surface area contributed by atoms with E-state index in [4.69, 9.17) is 0 Å². The maximum Gasteiger partial charge on any atom is 0.107 e. The summed E-state index contributed by atoms with van der Waals surface area (Å²) in [5.41, 5.74) is 3.43. The molecule has 0 atom stereocenters. The molecule has 0 spiro atoms. The van der Waals surface area contributed by atoms with Crippen molar-refractivity contribution in [2.24, 2.45) is 0 Å². The number of pyridine rings is 1. The van der Waals surface area contributed by atoms with Crippen LogP contribution in [0.3, 0.4) is 0 Å². The number of H-pyrrole nitrogens is 1. The predicted molar refractivity (Wildman–Crippen MR) is 85.0 cm³/mol. The molecule has 2 heterocycles. The third-order valence-electron chi connectivity index (χ3n) is 3.57. The van der Waals surface area contributed by atoms with Crippen molar-refractivity contribution < 1.29 is 0 Å². The summed E-state index contributed by atoms with van der Waals surface area (Å²) in [5.74, 6) is 1.07. The molecule has 0 bridgehead atoms. The lowest BCUT2D eigenvalue weighted by Gasteiger charge is -2.15. The van der Waals surface area contributed by atoms with Crippen LogP contribution in [0.2, 0.25) is 0 Å². The average Bonchev–Trinajstić information content (AvgIpc) is 2.91. The van der Waals surface area contributed by atoms with E-state index in [1.165, 1.54) is 5.56 Å². The van der Waals surface area contributed by atoms with E-state index in [1.807, 2.05) is 36.7 Å². The number of nitrogens with one attached hydrogen (secondary N) is 1. The van der Waals surface area contributed by atoms with E-state index in [0.29, 0.717) is 0 Å². The molecule has 21 heavy (non-hydrogen) atoms. The average molecular weight is 280 g/mol. The zero-order valence-corrected chi connectivity index (χ0v) is 12.3. The monoisotopic (exact) mass is 280 g/mol. The highest BCUT2D eigenvalue weighted by atomic mass is 15.1. The van der Waals surface area contributed by atoms with Crippen LogP contribution in [0, 0.1) is 0 Å². The van der Waals surface area contributed by atoms with Gasteiger partial charge in [0.1, 0.15) is 5.82 Å². The molecule has 3 aromatic rings. The van der Waals surface area contributed by atoms with Crippen molar-refractivity contribution in [1.29, 1.82) is 0 Å². The summed E-state index contributed by atoms with van der Waals surface area (Å²) in [6, 6.07) is 12.3. The van der Waals surface area contributed by atoms with Gasteiger partial charge in [-0.3, -0.25) is 4.98 Å². The Morgan fingerprint density at radius 1 is 1.14 bits per heavy atom. The molecular weight excluding hydrogens is 260 g/mol. The number of aromatic amines is 1. The SMILES string of the molecule is CN(CCCc1nc2ccccc2[nH]1)Cc1cccnc1. The second-order valence-corrected chi connectivity index (χ2v) is 5.40. The highest BCUT2D eigenvalue weighted by Gasteiger charge is 2.04. The minimum absolute atomic E-state index is 0.938. The summed E-state index contributed by atoms with van der Waals surface area (Å²) in [6.07, 6.45) is 5.81. The molecular formula is C17H20N4. The Morgan fingerprint density at radius 2 is 2.05 bits per heavy atom. The van der Waals surface area contributed by atoms with Crippen LogP contribution >= 0.6 is 0 Å². The molecule has 3 rings (SSSR count).